The minimum absolute atomic E-state index is 0.00234. The van der Waals surface area contributed by atoms with Crippen LogP contribution in [0.4, 0.5) is 20.5 Å². The lowest BCUT2D eigenvalue weighted by molar-refractivity contribution is 0.117. The monoisotopic (exact) mass is 330 g/mol. The maximum absolute atomic E-state index is 13.0. The summed E-state index contributed by atoms with van der Waals surface area (Å²) in [7, 11) is 0. The molecule has 4 N–H and O–H groups in total. The van der Waals surface area contributed by atoms with Gasteiger partial charge in [0.1, 0.15) is 29.4 Å². The van der Waals surface area contributed by atoms with Crippen molar-refractivity contribution < 1.29 is 18.6 Å². The van der Waals surface area contributed by atoms with Gasteiger partial charge in [-0.15, -0.1) is 0 Å². The van der Waals surface area contributed by atoms with Crippen LogP contribution in [0, 0.1) is 11.6 Å². The van der Waals surface area contributed by atoms with Crippen LogP contribution in [0.1, 0.15) is 0 Å². The number of aliphatic hydroxyl groups is 1. The van der Waals surface area contributed by atoms with E-state index in [-0.39, 0.29) is 30.0 Å². The Hall–Kier alpha value is -2.19. The molecule has 0 fully saturated rings. The number of aliphatic hydroxyl groups excluding tert-OH is 1. The first kappa shape index (κ1) is 16.2. The van der Waals surface area contributed by atoms with Crippen LogP contribution in [0.2, 0.25) is 5.15 Å². The number of rotatable bonds is 6. The van der Waals surface area contributed by atoms with Gasteiger partial charge in [-0.1, -0.05) is 11.6 Å². The quantitative estimate of drug-likeness (QED) is 0.700. The summed E-state index contributed by atoms with van der Waals surface area (Å²) in [5.41, 5.74) is 5.43. The molecule has 0 aliphatic rings. The van der Waals surface area contributed by atoms with E-state index in [0.717, 1.165) is 12.1 Å². The minimum Gasteiger partial charge on any atom is -0.491 e. The second-order valence-corrected chi connectivity index (χ2v) is 4.74. The molecule has 0 bridgehead atoms. The lowest BCUT2D eigenvalue weighted by atomic mass is 10.3. The van der Waals surface area contributed by atoms with Crippen molar-refractivity contribution in [1.82, 2.24) is 9.97 Å². The number of hydrogen-bond acceptors (Lipinski definition) is 6. The predicted octanol–water partition coefficient (Wildman–Crippen LogP) is 1.84. The van der Waals surface area contributed by atoms with E-state index in [2.05, 4.69) is 15.3 Å². The lowest BCUT2D eigenvalue weighted by Gasteiger charge is -2.14. The van der Waals surface area contributed by atoms with Crippen LogP contribution in [-0.2, 0) is 0 Å². The first-order valence-corrected chi connectivity index (χ1v) is 6.61. The summed E-state index contributed by atoms with van der Waals surface area (Å²) in [4.78, 5) is 7.56. The van der Waals surface area contributed by atoms with E-state index < -0.39 is 17.7 Å². The zero-order chi connectivity index (χ0) is 16.1. The summed E-state index contributed by atoms with van der Waals surface area (Å²) in [5.74, 6) is -1.51. The Balaban J connectivity index is 1.82. The van der Waals surface area contributed by atoms with E-state index in [4.69, 9.17) is 22.1 Å². The molecule has 1 atom stereocenters. The number of benzene rings is 1. The summed E-state index contributed by atoms with van der Waals surface area (Å²) in [5, 5.41) is 12.7. The van der Waals surface area contributed by atoms with Crippen LogP contribution in [0.25, 0.3) is 0 Å². The largest absolute Gasteiger partial charge is 0.491 e. The topological polar surface area (TPSA) is 93.3 Å². The van der Waals surface area contributed by atoms with E-state index in [1.807, 2.05) is 0 Å². The number of ether oxygens (including phenoxy) is 1. The highest BCUT2D eigenvalue weighted by Gasteiger charge is 2.09. The third kappa shape index (κ3) is 4.68. The molecular weight excluding hydrogens is 318 g/mol. The second kappa shape index (κ2) is 7.19. The van der Waals surface area contributed by atoms with E-state index in [9.17, 15) is 13.9 Å². The minimum atomic E-state index is -1.02. The fourth-order valence-corrected chi connectivity index (χ4v) is 1.76. The highest BCUT2D eigenvalue weighted by atomic mass is 35.5. The number of hydrogen-bond donors (Lipinski definition) is 3. The molecule has 2 rings (SSSR count). The Labute approximate surface area is 129 Å². The molecule has 2 aromatic rings. The van der Waals surface area contributed by atoms with Crippen LogP contribution in [0.5, 0.6) is 5.75 Å². The van der Waals surface area contributed by atoms with Crippen molar-refractivity contribution in [3.63, 3.8) is 0 Å². The van der Waals surface area contributed by atoms with E-state index >= 15 is 0 Å². The van der Waals surface area contributed by atoms with Gasteiger partial charge in [-0.25, -0.2) is 13.8 Å². The summed E-state index contributed by atoms with van der Waals surface area (Å²) in [6, 6.07) is 4.56. The third-order valence-electron chi connectivity index (χ3n) is 2.56. The summed E-state index contributed by atoms with van der Waals surface area (Å²) < 4.78 is 30.9. The predicted molar refractivity (Wildman–Crippen MR) is 77.8 cm³/mol. The van der Waals surface area contributed by atoms with Crippen LogP contribution in [0.15, 0.2) is 24.3 Å². The molecule has 0 saturated heterocycles. The molecule has 0 radical (unpaired) electrons. The van der Waals surface area contributed by atoms with Gasteiger partial charge in [0.25, 0.3) is 0 Å². The van der Waals surface area contributed by atoms with Crippen LogP contribution in [0.3, 0.4) is 0 Å². The van der Waals surface area contributed by atoms with Gasteiger partial charge in [0, 0.05) is 18.7 Å². The molecule has 9 heteroatoms. The van der Waals surface area contributed by atoms with Crippen molar-refractivity contribution in [3.8, 4) is 5.75 Å². The molecule has 0 amide bonds. The molecular formula is C13H13ClF2N4O2. The number of nitrogens with two attached hydrogens (primary N) is 1. The number of nitrogens with zero attached hydrogens (tertiary/aromatic N) is 2. The normalized spacial score (nSPS) is 12.0. The number of aromatic nitrogens is 2. The van der Waals surface area contributed by atoms with Crippen molar-refractivity contribution in [3.05, 3.63) is 41.1 Å². The van der Waals surface area contributed by atoms with Gasteiger partial charge in [-0.3, -0.25) is 0 Å². The van der Waals surface area contributed by atoms with E-state index in [1.54, 1.807) is 0 Å². The number of nitrogens with one attached hydrogen (secondary N) is 1. The van der Waals surface area contributed by atoms with Crippen LogP contribution >= 0.6 is 11.6 Å². The molecule has 1 aromatic carbocycles. The maximum atomic E-state index is 13.0. The van der Waals surface area contributed by atoms with Gasteiger partial charge in [0.05, 0.1) is 0 Å². The summed E-state index contributed by atoms with van der Waals surface area (Å²) in [6.45, 7) is -0.0250. The van der Waals surface area contributed by atoms with Crippen molar-refractivity contribution >= 4 is 23.4 Å². The standard InChI is InChI=1S/C13H13ClF2N4O2/c14-11-4-12(20-13(17)19-11)18-5-7(21)6-22-8-1-2-9(15)10(16)3-8/h1-4,7,21H,5-6H2,(H3,17,18,19,20). The van der Waals surface area contributed by atoms with E-state index in [1.165, 1.54) is 12.1 Å². The Morgan fingerprint density at radius 1 is 1.27 bits per heavy atom. The lowest BCUT2D eigenvalue weighted by Crippen LogP contribution is -2.26. The van der Waals surface area contributed by atoms with E-state index in [0.29, 0.717) is 5.82 Å². The first-order valence-electron chi connectivity index (χ1n) is 6.24. The number of nitrogen functional groups attached to an aromatic ring is 1. The molecule has 0 spiro atoms. The zero-order valence-corrected chi connectivity index (χ0v) is 12.0. The Morgan fingerprint density at radius 2 is 2.05 bits per heavy atom. The molecule has 22 heavy (non-hydrogen) atoms. The summed E-state index contributed by atoms with van der Waals surface area (Å²) in [6.07, 6.45) is -0.914. The fraction of sp³-hybridized carbons (Fsp3) is 0.231. The molecule has 6 nitrogen and oxygen atoms in total. The highest BCUT2D eigenvalue weighted by molar-refractivity contribution is 6.29. The van der Waals surface area contributed by atoms with Crippen molar-refractivity contribution in [2.24, 2.45) is 0 Å². The molecule has 1 unspecified atom stereocenters. The Bertz CT molecular complexity index is 640. The Morgan fingerprint density at radius 3 is 2.73 bits per heavy atom. The average molecular weight is 331 g/mol. The smallest absolute Gasteiger partial charge is 0.223 e. The fourth-order valence-electron chi connectivity index (χ4n) is 1.57. The molecule has 0 aliphatic heterocycles. The SMILES string of the molecule is Nc1nc(Cl)cc(NCC(O)COc2ccc(F)c(F)c2)n1. The molecule has 1 aromatic heterocycles. The molecule has 1 heterocycles. The average Bonchev–Trinajstić information content (AvgIpc) is 2.45. The molecule has 0 aliphatic carbocycles. The first-order chi connectivity index (χ1) is 10.4. The van der Waals surface area contributed by atoms with Gasteiger partial charge in [0.2, 0.25) is 5.95 Å². The van der Waals surface area contributed by atoms with Gasteiger partial charge in [-0.05, 0) is 12.1 Å². The van der Waals surface area contributed by atoms with Crippen molar-refractivity contribution in [1.29, 1.82) is 0 Å². The van der Waals surface area contributed by atoms with Gasteiger partial charge in [-0.2, -0.15) is 4.98 Å². The highest BCUT2D eigenvalue weighted by Crippen LogP contribution is 2.16. The third-order valence-corrected chi connectivity index (χ3v) is 2.76. The van der Waals surface area contributed by atoms with Gasteiger partial charge >= 0.3 is 0 Å². The van der Waals surface area contributed by atoms with Crippen LogP contribution < -0.4 is 15.8 Å². The van der Waals surface area contributed by atoms with Crippen molar-refractivity contribution in [2.45, 2.75) is 6.10 Å². The van der Waals surface area contributed by atoms with Crippen LogP contribution in [-0.4, -0.2) is 34.3 Å². The summed E-state index contributed by atoms with van der Waals surface area (Å²) >= 11 is 5.71. The van der Waals surface area contributed by atoms with Gasteiger partial charge in [0.15, 0.2) is 11.6 Å². The maximum Gasteiger partial charge on any atom is 0.223 e. The number of halogens is 3. The van der Waals surface area contributed by atoms with Gasteiger partial charge < -0.3 is 20.9 Å². The number of anilines is 2. The zero-order valence-electron chi connectivity index (χ0n) is 11.3. The Kier molecular flexibility index (Phi) is 5.29. The van der Waals surface area contributed by atoms with Crippen molar-refractivity contribution in [2.75, 3.05) is 24.2 Å². The molecule has 118 valence electrons. The molecule has 0 saturated carbocycles. The second-order valence-electron chi connectivity index (χ2n) is 4.36.